The first-order valence-corrected chi connectivity index (χ1v) is 8.83. The van der Waals surface area contributed by atoms with Gasteiger partial charge in [0.2, 0.25) is 0 Å². The van der Waals surface area contributed by atoms with Crippen LogP contribution in [0.1, 0.15) is 42.7 Å². The zero-order valence-corrected chi connectivity index (χ0v) is 14.3. The minimum atomic E-state index is -2.49. The quantitative estimate of drug-likeness (QED) is 0.557. The van der Waals surface area contributed by atoms with Crippen molar-refractivity contribution in [1.82, 2.24) is 14.5 Å². The fourth-order valence-electron chi connectivity index (χ4n) is 4.64. The lowest BCUT2D eigenvalue weighted by Crippen LogP contribution is -2.46. The second kappa shape index (κ2) is 4.96. The summed E-state index contributed by atoms with van der Waals surface area (Å²) in [7, 11) is 0. The molecule has 120 valence electrons. The van der Waals surface area contributed by atoms with Crippen LogP contribution in [0.25, 0.3) is 0 Å². The summed E-state index contributed by atoms with van der Waals surface area (Å²) in [5, 5.41) is 0. The molecule has 1 saturated heterocycles. The van der Waals surface area contributed by atoms with Crippen LogP contribution in [-0.4, -0.2) is 45.8 Å². The van der Waals surface area contributed by atoms with Gasteiger partial charge in [0, 0.05) is 43.7 Å². The average molecular weight is 421 g/mol. The Morgan fingerprint density at radius 1 is 1.27 bits per heavy atom. The highest BCUT2D eigenvalue weighted by atomic mass is 127. The summed E-state index contributed by atoms with van der Waals surface area (Å²) in [5.74, 6) is -1.42. The minimum absolute atomic E-state index is 0.0119. The summed E-state index contributed by atoms with van der Waals surface area (Å²) >= 11 is 2.13. The molecule has 0 spiro atoms. The van der Waals surface area contributed by atoms with E-state index in [-0.39, 0.29) is 18.4 Å². The number of aldehydes is 1. The second-order valence-corrected chi connectivity index (χ2v) is 8.07. The van der Waals surface area contributed by atoms with E-state index in [2.05, 4.69) is 32.5 Å². The highest BCUT2D eigenvalue weighted by Crippen LogP contribution is 2.59. The van der Waals surface area contributed by atoms with Crippen molar-refractivity contribution >= 4 is 28.9 Å². The molecule has 4 nitrogen and oxygen atoms in total. The van der Waals surface area contributed by atoms with Gasteiger partial charge in [0.15, 0.2) is 12.1 Å². The molecule has 2 bridgehead atoms. The monoisotopic (exact) mass is 421 g/mol. The number of halogens is 3. The maximum absolute atomic E-state index is 13.3. The summed E-state index contributed by atoms with van der Waals surface area (Å²) in [6, 6.07) is 0.385. The molecule has 1 aromatic rings. The van der Waals surface area contributed by atoms with Crippen LogP contribution in [0.2, 0.25) is 0 Å². The first-order chi connectivity index (χ1) is 10.4. The Labute approximate surface area is 141 Å². The molecule has 0 radical (unpaired) electrons. The van der Waals surface area contributed by atoms with E-state index in [1.807, 2.05) is 10.8 Å². The van der Waals surface area contributed by atoms with E-state index in [0.29, 0.717) is 30.9 Å². The van der Waals surface area contributed by atoms with E-state index in [1.54, 1.807) is 0 Å². The molecule has 1 atom stereocenters. The fourth-order valence-corrected chi connectivity index (χ4v) is 5.17. The molecule has 1 aromatic heterocycles. The van der Waals surface area contributed by atoms with Crippen molar-refractivity contribution in [2.24, 2.45) is 5.92 Å². The van der Waals surface area contributed by atoms with Crippen LogP contribution in [0.15, 0.2) is 6.20 Å². The molecular weight excluding hydrogens is 403 g/mol. The van der Waals surface area contributed by atoms with Crippen molar-refractivity contribution in [3.63, 3.8) is 0 Å². The zero-order chi connectivity index (χ0) is 15.5. The number of rotatable bonds is 3. The molecule has 2 heterocycles. The maximum Gasteiger partial charge on any atom is 0.250 e. The number of imidazole rings is 1. The predicted octanol–water partition coefficient (Wildman–Crippen LogP) is 2.91. The molecule has 3 aliphatic carbocycles. The number of carbonyl (C=O) groups is 1. The molecule has 7 heteroatoms. The average Bonchev–Trinajstić information content (AvgIpc) is 3.08. The van der Waals surface area contributed by atoms with Crippen LogP contribution >= 0.6 is 22.6 Å². The van der Waals surface area contributed by atoms with Crippen molar-refractivity contribution in [3.05, 3.63) is 15.7 Å². The van der Waals surface area contributed by atoms with E-state index in [0.717, 1.165) is 29.2 Å². The number of hydrogen-bond acceptors (Lipinski definition) is 3. The first kappa shape index (κ1) is 15.0. The Balaban J connectivity index is 1.51. The van der Waals surface area contributed by atoms with Gasteiger partial charge in [0.1, 0.15) is 3.70 Å². The summed E-state index contributed by atoms with van der Waals surface area (Å²) in [6.45, 7) is 0.985. The highest BCUT2D eigenvalue weighted by molar-refractivity contribution is 14.1. The molecule has 4 fully saturated rings. The number of alkyl halides is 2. The normalized spacial score (nSPS) is 37.0. The van der Waals surface area contributed by atoms with E-state index < -0.39 is 5.92 Å². The van der Waals surface area contributed by atoms with Gasteiger partial charge in [0.25, 0.3) is 5.92 Å². The Hall–Kier alpha value is -0.570. The number of fused-ring (bicyclic) bond motifs is 1. The number of likely N-dealkylation sites (tertiary alicyclic amines) is 1. The molecule has 1 aliphatic heterocycles. The van der Waals surface area contributed by atoms with Crippen molar-refractivity contribution < 1.29 is 13.6 Å². The van der Waals surface area contributed by atoms with Crippen LogP contribution in [-0.2, 0) is 5.54 Å². The Bertz CT molecular complexity index is 602. The molecule has 3 saturated carbocycles. The topological polar surface area (TPSA) is 38.1 Å². The lowest BCUT2D eigenvalue weighted by atomic mass is 9.76. The zero-order valence-electron chi connectivity index (χ0n) is 12.1. The number of piperidine rings is 1. The smallest absolute Gasteiger partial charge is 0.250 e. The standard InChI is InChI=1S/C15H18F2IN3O/c16-15(17)1-3-20(4-2-15)11-7-14(5-10(11)6-14)21-8-12(18)19-13(21)9-22/h8-11H,1-7H2. The van der Waals surface area contributed by atoms with Crippen molar-refractivity contribution in [2.45, 2.75) is 49.6 Å². The molecule has 0 amide bonds. The predicted molar refractivity (Wildman–Crippen MR) is 85.2 cm³/mol. The van der Waals surface area contributed by atoms with Gasteiger partial charge < -0.3 is 4.57 Å². The molecule has 5 rings (SSSR count). The number of nitrogens with zero attached hydrogens (tertiary/aromatic N) is 3. The third-order valence-corrected chi connectivity index (χ3v) is 6.26. The summed E-state index contributed by atoms with van der Waals surface area (Å²) in [6.07, 6.45) is 5.76. The van der Waals surface area contributed by atoms with Gasteiger partial charge in [-0.1, -0.05) is 0 Å². The Morgan fingerprint density at radius 2 is 1.95 bits per heavy atom. The number of aromatic nitrogens is 2. The Morgan fingerprint density at radius 3 is 2.59 bits per heavy atom. The summed E-state index contributed by atoms with van der Waals surface area (Å²) in [5.41, 5.74) is -0.0119. The van der Waals surface area contributed by atoms with Crippen LogP contribution in [0.3, 0.4) is 0 Å². The summed E-state index contributed by atoms with van der Waals surface area (Å²) < 4.78 is 29.5. The van der Waals surface area contributed by atoms with Gasteiger partial charge in [-0.05, 0) is 47.8 Å². The SMILES string of the molecule is O=Cc1nc(I)cn1C12CC(C1)C(N1CCC(F)(F)CC1)C2. The summed E-state index contributed by atoms with van der Waals surface area (Å²) in [4.78, 5) is 17.7. The van der Waals surface area contributed by atoms with Crippen LogP contribution in [0.5, 0.6) is 0 Å². The Kier molecular flexibility index (Phi) is 3.38. The van der Waals surface area contributed by atoms with Gasteiger partial charge in [-0.15, -0.1) is 0 Å². The van der Waals surface area contributed by atoms with Gasteiger partial charge in [-0.2, -0.15) is 0 Å². The van der Waals surface area contributed by atoms with Crippen LogP contribution in [0, 0.1) is 9.62 Å². The third kappa shape index (κ3) is 2.23. The largest absolute Gasteiger partial charge is 0.321 e. The molecule has 0 N–H and O–H groups in total. The molecular formula is C15H18F2IN3O. The lowest BCUT2D eigenvalue weighted by molar-refractivity contribution is -0.0651. The van der Waals surface area contributed by atoms with E-state index in [1.165, 1.54) is 0 Å². The van der Waals surface area contributed by atoms with Gasteiger partial charge in [0.05, 0.1) is 0 Å². The number of hydrogen-bond donors (Lipinski definition) is 0. The van der Waals surface area contributed by atoms with E-state index in [9.17, 15) is 13.6 Å². The molecule has 1 unspecified atom stereocenters. The van der Waals surface area contributed by atoms with Gasteiger partial charge >= 0.3 is 0 Å². The van der Waals surface area contributed by atoms with Crippen LogP contribution in [0.4, 0.5) is 8.78 Å². The lowest BCUT2D eigenvalue weighted by Gasteiger charge is -2.41. The third-order valence-electron chi connectivity index (χ3n) is 5.74. The van der Waals surface area contributed by atoms with Crippen LogP contribution < -0.4 is 0 Å². The highest BCUT2D eigenvalue weighted by Gasteiger charge is 2.59. The minimum Gasteiger partial charge on any atom is -0.321 e. The molecule has 4 aliphatic rings. The van der Waals surface area contributed by atoms with Gasteiger partial charge in [-0.3, -0.25) is 9.69 Å². The van der Waals surface area contributed by atoms with Crippen molar-refractivity contribution in [1.29, 1.82) is 0 Å². The second-order valence-electron chi connectivity index (χ2n) is 6.97. The molecule has 0 aromatic carbocycles. The number of carbonyl (C=O) groups excluding carboxylic acids is 1. The fraction of sp³-hybridized carbons (Fsp3) is 0.733. The molecule has 22 heavy (non-hydrogen) atoms. The van der Waals surface area contributed by atoms with E-state index >= 15 is 0 Å². The van der Waals surface area contributed by atoms with E-state index in [4.69, 9.17) is 0 Å². The maximum atomic E-state index is 13.3. The van der Waals surface area contributed by atoms with Crippen molar-refractivity contribution in [2.75, 3.05) is 13.1 Å². The first-order valence-electron chi connectivity index (χ1n) is 7.75. The van der Waals surface area contributed by atoms with Gasteiger partial charge in [-0.25, -0.2) is 13.8 Å². The van der Waals surface area contributed by atoms with Crippen molar-refractivity contribution in [3.8, 4) is 0 Å².